The molecule has 0 unspecified atom stereocenters. The number of allylic oxidation sites excluding steroid dienone is 1. The monoisotopic (exact) mass is 368 g/mol. The van der Waals surface area contributed by atoms with E-state index in [9.17, 15) is 35.1 Å². The van der Waals surface area contributed by atoms with Gasteiger partial charge in [-0.1, -0.05) is 36.0 Å². The molecule has 0 radical (unpaired) electrons. The highest BCUT2D eigenvalue weighted by molar-refractivity contribution is 8.04. The summed E-state index contributed by atoms with van der Waals surface area (Å²) >= 11 is 0.563. The van der Waals surface area contributed by atoms with Gasteiger partial charge in [0.25, 0.3) is 0 Å². The molecule has 0 saturated carbocycles. The average molecular weight is 368 g/mol. The summed E-state index contributed by atoms with van der Waals surface area (Å²) in [4.78, 5) is 24.2. The number of hydrogen-bond acceptors (Lipinski definition) is 9. The van der Waals surface area contributed by atoms with Crippen LogP contribution in [0.5, 0.6) is 0 Å². The summed E-state index contributed by atoms with van der Waals surface area (Å²) in [5.41, 5.74) is -1.02. The average Bonchev–Trinajstić information content (AvgIpc) is 2.63. The van der Waals surface area contributed by atoms with E-state index in [2.05, 4.69) is 0 Å². The van der Waals surface area contributed by atoms with Gasteiger partial charge in [-0.15, -0.1) is 0 Å². The highest BCUT2D eigenvalue weighted by atomic mass is 32.2. The third kappa shape index (κ3) is 2.99. The number of aliphatic hydroxyl groups is 5. The number of rotatable bonds is 3. The van der Waals surface area contributed by atoms with E-state index in [0.29, 0.717) is 11.8 Å². The Morgan fingerprint density at radius 2 is 1.60 bits per heavy atom. The molecule has 8 nitrogen and oxygen atoms in total. The highest BCUT2D eigenvalue weighted by Gasteiger charge is 2.46. The van der Waals surface area contributed by atoms with E-state index in [-0.39, 0.29) is 16.0 Å². The SMILES string of the molecule is O=C1C(=O)c2ccccc2C(O)=C1S[C@@H]1O[C@H](CO)[C@@H](O)[C@H](O)[C@H]1O. The van der Waals surface area contributed by atoms with Crippen LogP contribution in [0.1, 0.15) is 15.9 Å². The van der Waals surface area contributed by atoms with Crippen LogP contribution in [0.4, 0.5) is 0 Å². The molecule has 0 amide bonds. The molecule has 2 aliphatic rings. The van der Waals surface area contributed by atoms with Crippen molar-refractivity contribution in [3.63, 3.8) is 0 Å². The first-order valence-electron chi connectivity index (χ1n) is 7.45. The molecule has 0 spiro atoms. The minimum absolute atomic E-state index is 0.0724. The Hall–Kier alpha value is -1.75. The number of Topliss-reactive ketones (excluding diaryl/α,β-unsaturated/α-hetero) is 2. The number of carbonyl (C=O) groups is 2. The minimum Gasteiger partial charge on any atom is -0.506 e. The van der Waals surface area contributed by atoms with Crippen molar-refractivity contribution in [3.8, 4) is 0 Å². The van der Waals surface area contributed by atoms with Crippen molar-refractivity contribution in [3.05, 3.63) is 40.3 Å². The van der Waals surface area contributed by atoms with Crippen LogP contribution in [0.25, 0.3) is 5.76 Å². The molecule has 1 fully saturated rings. The molecule has 3 rings (SSSR count). The molecule has 1 aromatic carbocycles. The van der Waals surface area contributed by atoms with Crippen LogP contribution < -0.4 is 0 Å². The Kier molecular flexibility index (Phi) is 4.96. The molecule has 1 aromatic rings. The normalized spacial score (nSPS) is 32.7. The van der Waals surface area contributed by atoms with Crippen molar-refractivity contribution in [1.29, 1.82) is 0 Å². The Morgan fingerprint density at radius 3 is 2.24 bits per heavy atom. The van der Waals surface area contributed by atoms with E-state index in [0.717, 1.165) is 0 Å². The second-order valence-electron chi connectivity index (χ2n) is 5.70. The molecule has 1 saturated heterocycles. The number of fused-ring (bicyclic) bond motifs is 1. The van der Waals surface area contributed by atoms with Crippen LogP contribution in [0.15, 0.2) is 29.2 Å². The van der Waals surface area contributed by atoms with Crippen LogP contribution in [0.2, 0.25) is 0 Å². The van der Waals surface area contributed by atoms with Gasteiger partial charge >= 0.3 is 0 Å². The maximum atomic E-state index is 12.3. The molecule has 1 aliphatic heterocycles. The molecule has 5 N–H and O–H groups in total. The predicted molar refractivity (Wildman–Crippen MR) is 86.7 cm³/mol. The summed E-state index contributed by atoms with van der Waals surface area (Å²) in [6.45, 7) is -0.622. The maximum absolute atomic E-state index is 12.3. The zero-order chi connectivity index (χ0) is 18.3. The molecule has 0 aromatic heterocycles. The van der Waals surface area contributed by atoms with Gasteiger partial charge < -0.3 is 30.3 Å². The van der Waals surface area contributed by atoms with E-state index < -0.39 is 53.8 Å². The third-order valence-electron chi connectivity index (χ3n) is 4.14. The largest absolute Gasteiger partial charge is 0.506 e. The van der Waals surface area contributed by atoms with Gasteiger partial charge in [-0.3, -0.25) is 9.59 Å². The zero-order valence-corrected chi connectivity index (χ0v) is 13.6. The highest BCUT2D eigenvalue weighted by Crippen LogP contribution is 2.39. The molecule has 25 heavy (non-hydrogen) atoms. The quantitative estimate of drug-likeness (QED) is 0.433. The van der Waals surface area contributed by atoms with E-state index in [1.807, 2.05) is 0 Å². The number of ether oxygens (including phenoxy) is 1. The first kappa shape index (κ1) is 18.1. The number of thioether (sulfide) groups is 1. The number of ketones is 2. The van der Waals surface area contributed by atoms with Crippen LogP contribution in [0, 0.1) is 0 Å². The minimum atomic E-state index is -1.62. The van der Waals surface area contributed by atoms with Gasteiger partial charge in [0.15, 0.2) is 0 Å². The Balaban J connectivity index is 1.94. The van der Waals surface area contributed by atoms with E-state index in [1.54, 1.807) is 12.1 Å². The van der Waals surface area contributed by atoms with Crippen molar-refractivity contribution in [2.75, 3.05) is 6.61 Å². The molecule has 9 heteroatoms. The van der Waals surface area contributed by atoms with Gasteiger partial charge in [0.1, 0.15) is 40.5 Å². The Morgan fingerprint density at radius 1 is 0.960 bits per heavy atom. The summed E-state index contributed by atoms with van der Waals surface area (Å²) in [5.74, 6) is -2.19. The van der Waals surface area contributed by atoms with Crippen LogP contribution >= 0.6 is 11.8 Å². The number of benzene rings is 1. The maximum Gasteiger partial charge on any atom is 0.243 e. The van der Waals surface area contributed by atoms with Gasteiger partial charge in [-0.2, -0.15) is 0 Å². The molecule has 1 aliphatic carbocycles. The molecule has 134 valence electrons. The lowest BCUT2D eigenvalue weighted by Crippen LogP contribution is -2.57. The summed E-state index contributed by atoms with van der Waals surface area (Å²) in [6, 6.07) is 6.05. The number of aliphatic hydroxyl groups excluding tert-OH is 5. The molecule has 5 atom stereocenters. The predicted octanol–water partition coefficient (Wildman–Crippen LogP) is -0.788. The van der Waals surface area contributed by atoms with E-state index >= 15 is 0 Å². The molecular weight excluding hydrogens is 352 g/mol. The zero-order valence-electron chi connectivity index (χ0n) is 12.8. The van der Waals surface area contributed by atoms with E-state index in [1.165, 1.54) is 12.1 Å². The van der Waals surface area contributed by atoms with Crippen LogP contribution in [0.3, 0.4) is 0 Å². The van der Waals surface area contributed by atoms with Gasteiger partial charge in [-0.05, 0) is 0 Å². The number of carbonyl (C=O) groups excluding carboxylic acids is 2. The van der Waals surface area contributed by atoms with Crippen molar-refractivity contribution in [2.45, 2.75) is 29.9 Å². The topological polar surface area (TPSA) is 145 Å². The molecular formula is C16H16O8S. The Bertz CT molecular complexity index is 743. The molecule has 0 bridgehead atoms. The van der Waals surface area contributed by atoms with Crippen LogP contribution in [-0.2, 0) is 9.53 Å². The Labute approximate surface area is 146 Å². The van der Waals surface area contributed by atoms with Crippen molar-refractivity contribution in [1.82, 2.24) is 0 Å². The van der Waals surface area contributed by atoms with Gasteiger partial charge in [-0.25, -0.2) is 0 Å². The van der Waals surface area contributed by atoms with Gasteiger partial charge in [0.2, 0.25) is 11.6 Å². The lowest BCUT2D eigenvalue weighted by atomic mass is 9.94. The lowest BCUT2D eigenvalue weighted by molar-refractivity contribution is -0.205. The first-order chi connectivity index (χ1) is 11.9. The lowest BCUT2D eigenvalue weighted by Gasteiger charge is -2.39. The van der Waals surface area contributed by atoms with Gasteiger partial charge in [0.05, 0.1) is 6.61 Å². The van der Waals surface area contributed by atoms with Gasteiger partial charge in [0, 0.05) is 11.1 Å². The fourth-order valence-corrected chi connectivity index (χ4v) is 3.89. The third-order valence-corrected chi connectivity index (χ3v) is 5.37. The number of hydrogen-bond donors (Lipinski definition) is 5. The van der Waals surface area contributed by atoms with Crippen molar-refractivity contribution >= 4 is 29.1 Å². The van der Waals surface area contributed by atoms with E-state index in [4.69, 9.17) is 4.74 Å². The smallest absolute Gasteiger partial charge is 0.243 e. The van der Waals surface area contributed by atoms with Crippen molar-refractivity contribution in [2.24, 2.45) is 0 Å². The second-order valence-corrected chi connectivity index (χ2v) is 6.81. The summed E-state index contributed by atoms with van der Waals surface area (Å²) in [6.07, 6.45) is -5.90. The fourth-order valence-electron chi connectivity index (χ4n) is 2.73. The summed E-state index contributed by atoms with van der Waals surface area (Å²) < 4.78 is 5.30. The summed E-state index contributed by atoms with van der Waals surface area (Å²) in [5, 5.41) is 49.2. The second kappa shape index (κ2) is 6.87. The standard InChI is InChI=1S/C16H16O8S/c17-5-8-11(20)12(21)14(23)16(24-8)25-15-10(19)7-4-2-1-3-6(7)9(18)13(15)22/h1-4,8,11-12,14,16-17,19-21,23H,5H2/t8-,11-,12+,14-,16+/m1/s1. The molecule has 1 heterocycles. The first-order valence-corrected chi connectivity index (χ1v) is 8.33. The van der Waals surface area contributed by atoms with Crippen molar-refractivity contribution < 1.29 is 39.9 Å². The fraction of sp³-hybridized carbons (Fsp3) is 0.375. The van der Waals surface area contributed by atoms with Crippen LogP contribution in [-0.4, -0.2) is 73.6 Å². The summed E-state index contributed by atoms with van der Waals surface area (Å²) in [7, 11) is 0.